The summed E-state index contributed by atoms with van der Waals surface area (Å²) in [5.74, 6) is 0.640. The van der Waals surface area contributed by atoms with Gasteiger partial charge < -0.3 is 4.98 Å². The average molecular weight is 285 g/mol. The summed E-state index contributed by atoms with van der Waals surface area (Å²) in [6.45, 7) is 1.98. The van der Waals surface area contributed by atoms with E-state index in [0.717, 1.165) is 21.5 Å². The number of halogens is 1. The van der Waals surface area contributed by atoms with Crippen molar-refractivity contribution in [3.8, 4) is 10.7 Å². The van der Waals surface area contributed by atoms with Gasteiger partial charge in [0.2, 0.25) is 0 Å². The Morgan fingerprint density at radius 1 is 1.60 bits per heavy atom. The predicted octanol–water partition coefficient (Wildman–Crippen LogP) is 2.82. The standard InChI is InChI=1S/C10H9BrN2OS/c1-2-6-5-8(14)13-10(12-6)9-7(11)3-4-15-9/h3-5H,2H2,1H3,(H,12,13,14). The topological polar surface area (TPSA) is 45.8 Å². The van der Waals surface area contributed by atoms with Crippen LogP contribution in [0, 0.1) is 0 Å². The molecule has 0 aliphatic carbocycles. The Morgan fingerprint density at radius 2 is 2.40 bits per heavy atom. The van der Waals surface area contributed by atoms with Crippen LogP contribution >= 0.6 is 27.3 Å². The highest BCUT2D eigenvalue weighted by atomic mass is 79.9. The van der Waals surface area contributed by atoms with Crippen LogP contribution in [0.4, 0.5) is 0 Å². The molecule has 0 aromatic carbocycles. The molecule has 1 N–H and O–H groups in total. The number of hydrogen-bond acceptors (Lipinski definition) is 3. The second kappa shape index (κ2) is 4.28. The van der Waals surface area contributed by atoms with Gasteiger partial charge in [0.05, 0.1) is 4.88 Å². The van der Waals surface area contributed by atoms with Crippen molar-refractivity contribution in [2.75, 3.05) is 0 Å². The van der Waals surface area contributed by atoms with Crippen LogP contribution in [0.3, 0.4) is 0 Å². The number of aromatic nitrogens is 2. The molecular weight excluding hydrogens is 276 g/mol. The van der Waals surface area contributed by atoms with Gasteiger partial charge in [-0.25, -0.2) is 4.98 Å². The van der Waals surface area contributed by atoms with E-state index < -0.39 is 0 Å². The van der Waals surface area contributed by atoms with Gasteiger partial charge in [0, 0.05) is 16.2 Å². The number of rotatable bonds is 2. The molecule has 0 saturated carbocycles. The van der Waals surface area contributed by atoms with Gasteiger partial charge >= 0.3 is 0 Å². The molecule has 0 aliphatic heterocycles. The highest BCUT2D eigenvalue weighted by Gasteiger charge is 2.08. The van der Waals surface area contributed by atoms with Crippen LogP contribution in [-0.2, 0) is 6.42 Å². The lowest BCUT2D eigenvalue weighted by molar-refractivity contribution is 0.989. The Morgan fingerprint density at radius 3 is 3.00 bits per heavy atom. The van der Waals surface area contributed by atoms with Gasteiger partial charge in [0.1, 0.15) is 0 Å². The van der Waals surface area contributed by atoms with Crippen LogP contribution in [0.2, 0.25) is 0 Å². The molecule has 0 radical (unpaired) electrons. The van der Waals surface area contributed by atoms with Crippen molar-refractivity contribution in [1.29, 1.82) is 0 Å². The number of aryl methyl sites for hydroxylation is 1. The lowest BCUT2D eigenvalue weighted by Crippen LogP contribution is -2.09. The van der Waals surface area contributed by atoms with Gasteiger partial charge in [-0.2, -0.15) is 0 Å². The van der Waals surface area contributed by atoms with Crippen molar-refractivity contribution in [2.24, 2.45) is 0 Å². The maximum absolute atomic E-state index is 11.4. The first-order chi connectivity index (χ1) is 7.20. The van der Waals surface area contributed by atoms with E-state index in [0.29, 0.717) is 5.82 Å². The summed E-state index contributed by atoms with van der Waals surface area (Å²) in [6.07, 6.45) is 0.764. The molecule has 2 aromatic rings. The quantitative estimate of drug-likeness (QED) is 0.922. The van der Waals surface area contributed by atoms with Crippen molar-refractivity contribution in [2.45, 2.75) is 13.3 Å². The molecule has 0 spiro atoms. The number of hydrogen-bond donors (Lipinski definition) is 1. The highest BCUT2D eigenvalue weighted by Crippen LogP contribution is 2.30. The van der Waals surface area contributed by atoms with Gasteiger partial charge in [-0.1, -0.05) is 6.92 Å². The van der Waals surface area contributed by atoms with Crippen molar-refractivity contribution >= 4 is 27.3 Å². The molecule has 2 aromatic heterocycles. The summed E-state index contributed by atoms with van der Waals surface area (Å²) in [5.41, 5.74) is 0.714. The normalized spacial score (nSPS) is 10.5. The average Bonchev–Trinajstić information content (AvgIpc) is 2.63. The van der Waals surface area contributed by atoms with Gasteiger partial charge in [-0.15, -0.1) is 11.3 Å². The molecule has 2 rings (SSSR count). The fourth-order valence-corrected chi connectivity index (χ4v) is 2.76. The summed E-state index contributed by atoms with van der Waals surface area (Å²) in [4.78, 5) is 19.5. The molecule has 0 bridgehead atoms. The minimum absolute atomic E-state index is 0.0999. The maximum atomic E-state index is 11.4. The minimum Gasteiger partial charge on any atom is -0.306 e. The zero-order chi connectivity index (χ0) is 10.8. The van der Waals surface area contributed by atoms with Crippen molar-refractivity contribution in [3.05, 3.63) is 38.0 Å². The number of thiophene rings is 1. The molecule has 2 heterocycles. The van der Waals surface area contributed by atoms with E-state index in [4.69, 9.17) is 0 Å². The van der Waals surface area contributed by atoms with Crippen molar-refractivity contribution in [3.63, 3.8) is 0 Å². The monoisotopic (exact) mass is 284 g/mol. The van der Waals surface area contributed by atoms with E-state index in [9.17, 15) is 4.79 Å². The smallest absolute Gasteiger partial charge is 0.251 e. The fraction of sp³-hybridized carbons (Fsp3) is 0.200. The van der Waals surface area contributed by atoms with E-state index in [1.165, 1.54) is 6.07 Å². The largest absolute Gasteiger partial charge is 0.306 e. The first kappa shape index (κ1) is 10.6. The van der Waals surface area contributed by atoms with Gasteiger partial charge in [-0.05, 0) is 33.8 Å². The van der Waals surface area contributed by atoms with Gasteiger partial charge in [0.25, 0.3) is 5.56 Å². The van der Waals surface area contributed by atoms with E-state index in [1.807, 2.05) is 18.4 Å². The third-order valence-electron chi connectivity index (χ3n) is 1.99. The Balaban J connectivity index is 2.58. The van der Waals surface area contributed by atoms with Gasteiger partial charge in [-0.3, -0.25) is 4.79 Å². The van der Waals surface area contributed by atoms with Crippen LogP contribution < -0.4 is 5.56 Å². The van der Waals surface area contributed by atoms with E-state index in [1.54, 1.807) is 11.3 Å². The fourth-order valence-electron chi connectivity index (χ4n) is 1.26. The molecule has 0 unspecified atom stereocenters. The molecule has 0 aliphatic rings. The lowest BCUT2D eigenvalue weighted by Gasteiger charge is -2.00. The zero-order valence-corrected chi connectivity index (χ0v) is 10.5. The second-order valence-corrected chi connectivity index (χ2v) is 4.81. The molecule has 5 heteroatoms. The first-order valence-electron chi connectivity index (χ1n) is 4.54. The summed E-state index contributed by atoms with van der Waals surface area (Å²) in [5, 5.41) is 1.96. The predicted molar refractivity (Wildman–Crippen MR) is 65.2 cm³/mol. The number of H-pyrrole nitrogens is 1. The van der Waals surface area contributed by atoms with Crippen LogP contribution in [0.25, 0.3) is 10.7 Å². The highest BCUT2D eigenvalue weighted by molar-refractivity contribution is 9.10. The maximum Gasteiger partial charge on any atom is 0.251 e. The summed E-state index contributed by atoms with van der Waals surface area (Å²) in [7, 11) is 0. The molecule has 3 nitrogen and oxygen atoms in total. The third-order valence-corrected chi connectivity index (χ3v) is 3.83. The number of aromatic amines is 1. The van der Waals surface area contributed by atoms with Crippen LogP contribution in [0.1, 0.15) is 12.6 Å². The SMILES string of the molecule is CCc1cc(=O)[nH]c(-c2sccc2Br)n1. The van der Waals surface area contributed by atoms with Crippen molar-refractivity contribution < 1.29 is 0 Å². The Bertz CT molecular complexity index is 532. The molecular formula is C10H9BrN2OS. The van der Waals surface area contributed by atoms with Crippen molar-refractivity contribution in [1.82, 2.24) is 9.97 Å². The minimum atomic E-state index is -0.0999. The number of nitrogens with one attached hydrogen (secondary N) is 1. The number of nitrogens with zero attached hydrogens (tertiary/aromatic N) is 1. The summed E-state index contributed by atoms with van der Waals surface area (Å²) < 4.78 is 0.962. The Hall–Kier alpha value is -0.940. The third kappa shape index (κ3) is 2.18. The summed E-state index contributed by atoms with van der Waals surface area (Å²) >= 11 is 4.97. The molecule has 15 heavy (non-hydrogen) atoms. The molecule has 0 saturated heterocycles. The molecule has 0 amide bonds. The first-order valence-corrected chi connectivity index (χ1v) is 6.21. The lowest BCUT2D eigenvalue weighted by atomic mass is 10.3. The van der Waals surface area contributed by atoms with Crippen LogP contribution in [-0.4, -0.2) is 9.97 Å². The van der Waals surface area contributed by atoms with Crippen LogP contribution in [0.15, 0.2) is 26.8 Å². The zero-order valence-electron chi connectivity index (χ0n) is 8.08. The molecule has 78 valence electrons. The Labute approximate surface area is 99.3 Å². The Kier molecular flexibility index (Phi) is 3.02. The van der Waals surface area contributed by atoms with E-state index >= 15 is 0 Å². The van der Waals surface area contributed by atoms with Crippen LogP contribution in [0.5, 0.6) is 0 Å². The van der Waals surface area contributed by atoms with E-state index in [2.05, 4.69) is 25.9 Å². The summed E-state index contributed by atoms with van der Waals surface area (Å²) in [6, 6.07) is 3.48. The van der Waals surface area contributed by atoms with Gasteiger partial charge in [0.15, 0.2) is 5.82 Å². The second-order valence-electron chi connectivity index (χ2n) is 3.04. The van der Waals surface area contributed by atoms with E-state index in [-0.39, 0.29) is 5.56 Å². The molecule has 0 fully saturated rings. The molecule has 0 atom stereocenters.